The van der Waals surface area contributed by atoms with Gasteiger partial charge in [-0.2, -0.15) is 0 Å². The number of hydrogen-bond acceptors (Lipinski definition) is 3. The highest BCUT2D eigenvalue weighted by atomic mass is 35.5. The molecule has 4 nitrogen and oxygen atoms in total. The van der Waals surface area contributed by atoms with E-state index in [-0.39, 0.29) is 18.3 Å². The highest BCUT2D eigenvalue weighted by Crippen LogP contribution is 2.30. The maximum absolute atomic E-state index is 12.2. The summed E-state index contributed by atoms with van der Waals surface area (Å²) in [5.74, 6) is 0.714. The molecule has 7 heteroatoms. The molecule has 1 aromatic rings. The lowest BCUT2D eigenvalue weighted by molar-refractivity contribution is 0.0942. The highest BCUT2D eigenvalue weighted by molar-refractivity contribution is 6.42. The van der Waals surface area contributed by atoms with Crippen molar-refractivity contribution in [2.75, 3.05) is 26.7 Å². The molecule has 1 aliphatic rings. The Balaban J connectivity index is 0.00000220. The van der Waals surface area contributed by atoms with Crippen molar-refractivity contribution < 1.29 is 9.53 Å². The zero-order valence-electron chi connectivity index (χ0n) is 11.7. The second-order valence-electron chi connectivity index (χ2n) is 4.89. The Kier molecular flexibility index (Phi) is 7.60. The van der Waals surface area contributed by atoms with Crippen molar-refractivity contribution in [1.29, 1.82) is 0 Å². The van der Waals surface area contributed by atoms with E-state index in [4.69, 9.17) is 27.9 Å². The van der Waals surface area contributed by atoms with E-state index in [9.17, 15) is 4.79 Å². The molecule has 1 fully saturated rings. The maximum atomic E-state index is 12.2. The van der Waals surface area contributed by atoms with E-state index in [2.05, 4.69) is 10.6 Å². The Morgan fingerprint density at radius 3 is 2.76 bits per heavy atom. The first-order valence-electron chi connectivity index (χ1n) is 6.63. The monoisotopic (exact) mass is 352 g/mol. The van der Waals surface area contributed by atoms with Gasteiger partial charge in [-0.1, -0.05) is 23.2 Å². The largest absolute Gasteiger partial charge is 0.496 e. The van der Waals surface area contributed by atoms with Crippen molar-refractivity contribution in [3.63, 3.8) is 0 Å². The zero-order valence-corrected chi connectivity index (χ0v) is 14.1. The first-order valence-corrected chi connectivity index (χ1v) is 7.39. The number of halogens is 3. The standard InChI is InChI=1S/C14H18Cl2N2O2.ClH/c1-20-13-6-12(16)11(15)5-10(13)14(19)18-8-9-3-2-4-17-7-9;/h5-6,9,17H,2-4,7-8H2,1H3,(H,18,19);1H. The van der Waals surface area contributed by atoms with Gasteiger partial charge in [-0.15, -0.1) is 12.4 Å². The summed E-state index contributed by atoms with van der Waals surface area (Å²) < 4.78 is 5.18. The fourth-order valence-corrected chi connectivity index (χ4v) is 2.62. The molecule has 21 heavy (non-hydrogen) atoms. The molecular weight excluding hydrogens is 335 g/mol. The third-order valence-electron chi connectivity index (χ3n) is 3.44. The van der Waals surface area contributed by atoms with Gasteiger partial charge in [0, 0.05) is 12.6 Å². The molecule has 2 rings (SSSR count). The van der Waals surface area contributed by atoms with E-state index < -0.39 is 0 Å². The molecular formula is C14H19Cl3N2O2. The molecule has 0 bridgehead atoms. The molecule has 1 saturated heterocycles. The minimum Gasteiger partial charge on any atom is -0.496 e. The number of ether oxygens (including phenoxy) is 1. The predicted molar refractivity (Wildman–Crippen MR) is 88.2 cm³/mol. The van der Waals surface area contributed by atoms with Crippen molar-refractivity contribution in [2.45, 2.75) is 12.8 Å². The SMILES string of the molecule is COc1cc(Cl)c(Cl)cc1C(=O)NCC1CCCNC1.Cl. The van der Waals surface area contributed by atoms with E-state index in [0.717, 1.165) is 25.9 Å². The van der Waals surface area contributed by atoms with E-state index in [1.807, 2.05) is 0 Å². The summed E-state index contributed by atoms with van der Waals surface area (Å²) in [7, 11) is 1.50. The molecule has 0 radical (unpaired) electrons. The Morgan fingerprint density at radius 1 is 1.43 bits per heavy atom. The fraction of sp³-hybridized carbons (Fsp3) is 0.500. The van der Waals surface area contributed by atoms with Gasteiger partial charge in [0.25, 0.3) is 5.91 Å². The van der Waals surface area contributed by atoms with E-state index >= 15 is 0 Å². The molecule has 1 amide bonds. The number of methoxy groups -OCH3 is 1. The summed E-state index contributed by atoms with van der Waals surface area (Å²) in [5.41, 5.74) is 0.408. The van der Waals surface area contributed by atoms with Crippen molar-refractivity contribution >= 4 is 41.5 Å². The number of hydrogen-bond donors (Lipinski definition) is 2. The second kappa shape index (κ2) is 8.69. The van der Waals surface area contributed by atoms with Gasteiger partial charge in [-0.25, -0.2) is 0 Å². The van der Waals surface area contributed by atoms with Crippen LogP contribution in [-0.4, -0.2) is 32.7 Å². The van der Waals surface area contributed by atoms with Gasteiger partial charge >= 0.3 is 0 Å². The first kappa shape index (κ1) is 18.4. The third-order valence-corrected chi connectivity index (χ3v) is 4.16. The van der Waals surface area contributed by atoms with E-state index in [0.29, 0.717) is 33.8 Å². The molecule has 2 N–H and O–H groups in total. The number of amides is 1. The van der Waals surface area contributed by atoms with Gasteiger partial charge in [0.05, 0.1) is 22.7 Å². The summed E-state index contributed by atoms with van der Waals surface area (Å²) >= 11 is 11.9. The van der Waals surface area contributed by atoms with Gasteiger partial charge in [-0.05, 0) is 37.9 Å². The van der Waals surface area contributed by atoms with Crippen LogP contribution in [0.1, 0.15) is 23.2 Å². The topological polar surface area (TPSA) is 50.4 Å². The number of nitrogens with one attached hydrogen (secondary N) is 2. The second-order valence-corrected chi connectivity index (χ2v) is 5.70. The molecule has 0 aliphatic carbocycles. The average Bonchev–Trinajstić information content (AvgIpc) is 2.48. The summed E-state index contributed by atoms with van der Waals surface area (Å²) in [6.45, 7) is 2.65. The van der Waals surface area contributed by atoms with Crippen molar-refractivity contribution in [3.8, 4) is 5.75 Å². The van der Waals surface area contributed by atoms with Crippen LogP contribution in [0.4, 0.5) is 0 Å². The Bertz CT molecular complexity index is 491. The number of carbonyl (C=O) groups excluding carboxylic acids is 1. The fourth-order valence-electron chi connectivity index (χ4n) is 2.31. The summed E-state index contributed by atoms with van der Waals surface area (Å²) in [5, 5.41) is 6.97. The van der Waals surface area contributed by atoms with Crippen molar-refractivity contribution in [3.05, 3.63) is 27.7 Å². The third kappa shape index (κ3) is 4.92. The average molecular weight is 354 g/mol. The van der Waals surface area contributed by atoms with E-state index in [1.54, 1.807) is 6.07 Å². The summed E-state index contributed by atoms with van der Waals surface area (Å²) in [6, 6.07) is 3.10. The molecule has 0 spiro atoms. The van der Waals surface area contributed by atoms with Crippen LogP contribution in [0.2, 0.25) is 10.0 Å². The van der Waals surface area contributed by atoms with Crippen LogP contribution in [0.15, 0.2) is 12.1 Å². The Labute approximate surface area is 140 Å². The number of carbonyl (C=O) groups is 1. The van der Waals surface area contributed by atoms with Crippen molar-refractivity contribution in [1.82, 2.24) is 10.6 Å². The molecule has 1 heterocycles. The van der Waals surface area contributed by atoms with Gasteiger partial charge in [-0.3, -0.25) is 4.79 Å². The predicted octanol–water partition coefficient (Wildman–Crippen LogP) is 3.15. The molecule has 1 atom stereocenters. The van der Waals surface area contributed by atoms with Crippen LogP contribution in [0.25, 0.3) is 0 Å². The first-order chi connectivity index (χ1) is 9.61. The lowest BCUT2D eigenvalue weighted by Gasteiger charge is -2.23. The zero-order chi connectivity index (χ0) is 14.5. The van der Waals surface area contributed by atoms with Crippen LogP contribution in [0, 0.1) is 5.92 Å². The number of piperidine rings is 1. The van der Waals surface area contributed by atoms with Crippen LogP contribution in [0.5, 0.6) is 5.75 Å². The molecule has 1 unspecified atom stereocenters. The van der Waals surface area contributed by atoms with Crippen LogP contribution in [0.3, 0.4) is 0 Å². The molecule has 1 aliphatic heterocycles. The molecule has 0 aromatic heterocycles. The van der Waals surface area contributed by atoms with Gasteiger partial charge < -0.3 is 15.4 Å². The van der Waals surface area contributed by atoms with Crippen LogP contribution >= 0.6 is 35.6 Å². The number of rotatable bonds is 4. The minimum absolute atomic E-state index is 0. The lowest BCUT2D eigenvalue weighted by atomic mass is 9.99. The Morgan fingerprint density at radius 2 is 2.14 bits per heavy atom. The van der Waals surface area contributed by atoms with Crippen LogP contribution < -0.4 is 15.4 Å². The molecule has 118 valence electrons. The van der Waals surface area contributed by atoms with Crippen molar-refractivity contribution in [2.24, 2.45) is 5.92 Å². The normalized spacial score (nSPS) is 17.8. The highest BCUT2D eigenvalue weighted by Gasteiger charge is 2.18. The van der Waals surface area contributed by atoms with Gasteiger partial charge in [0.2, 0.25) is 0 Å². The molecule has 0 saturated carbocycles. The Hall–Kier alpha value is -0.680. The quantitative estimate of drug-likeness (QED) is 0.874. The maximum Gasteiger partial charge on any atom is 0.255 e. The van der Waals surface area contributed by atoms with Gasteiger partial charge in [0.1, 0.15) is 5.75 Å². The minimum atomic E-state index is -0.189. The lowest BCUT2D eigenvalue weighted by Crippen LogP contribution is -2.38. The van der Waals surface area contributed by atoms with Gasteiger partial charge in [0.15, 0.2) is 0 Å². The van der Waals surface area contributed by atoms with Crippen LogP contribution in [-0.2, 0) is 0 Å². The number of benzene rings is 1. The summed E-state index contributed by atoms with van der Waals surface area (Å²) in [6.07, 6.45) is 2.28. The molecule has 1 aromatic carbocycles. The summed E-state index contributed by atoms with van der Waals surface area (Å²) in [4.78, 5) is 12.2. The van der Waals surface area contributed by atoms with E-state index in [1.165, 1.54) is 13.2 Å². The smallest absolute Gasteiger partial charge is 0.255 e.